The number of nitrogens with one attached hydrogen (secondary N) is 1. The molecule has 0 unspecified atom stereocenters. The Bertz CT molecular complexity index is 2080. The lowest BCUT2D eigenvalue weighted by molar-refractivity contribution is -0.318. The summed E-state index contributed by atoms with van der Waals surface area (Å²) in [5.74, 6) is -3.19. The van der Waals surface area contributed by atoms with E-state index in [2.05, 4.69) is 4.72 Å². The summed E-state index contributed by atoms with van der Waals surface area (Å²) in [5, 5.41) is 69.7. The van der Waals surface area contributed by atoms with E-state index in [1.807, 2.05) is 43.8 Å². The highest BCUT2D eigenvalue weighted by Gasteiger charge is 2.53. The average Bonchev–Trinajstić information content (AvgIpc) is 3.30. The lowest BCUT2D eigenvalue weighted by Gasteiger charge is -2.48. The van der Waals surface area contributed by atoms with E-state index >= 15 is 0 Å². The number of nitrogens with zero attached hydrogens (tertiary/aromatic N) is 4. The summed E-state index contributed by atoms with van der Waals surface area (Å²) in [5.41, 5.74) is -4.44. The third-order valence-electron chi connectivity index (χ3n) is 15.3. The first-order valence-corrected chi connectivity index (χ1v) is 27.0. The molecule has 3 aliphatic rings. The zero-order valence-corrected chi connectivity index (χ0v) is 45.9. The molecule has 1 aromatic rings. The summed E-state index contributed by atoms with van der Waals surface area (Å²) in [7, 11) is 0.906. The molecule has 4 rings (SSSR count). The quantitative estimate of drug-likeness (QED) is 0.138. The predicted octanol–water partition coefficient (Wildman–Crippen LogP) is 3.28. The summed E-state index contributed by atoms with van der Waals surface area (Å²) >= 11 is 0. The number of nitriles is 1. The number of amides is 2. The largest absolute Gasteiger partial charge is 0.459 e. The topological polar surface area (TPSA) is 270 Å². The van der Waals surface area contributed by atoms with Crippen LogP contribution in [0.3, 0.4) is 0 Å². The van der Waals surface area contributed by atoms with Crippen molar-refractivity contribution in [1.29, 1.82) is 5.26 Å². The van der Waals surface area contributed by atoms with Crippen LogP contribution < -0.4 is 4.72 Å². The molecule has 0 spiro atoms. The van der Waals surface area contributed by atoms with Crippen LogP contribution in [0.15, 0.2) is 29.2 Å². The smallest absolute Gasteiger partial charge is 0.331 e. The molecule has 18 atom stereocenters. The van der Waals surface area contributed by atoms with Gasteiger partial charge in [-0.2, -0.15) is 5.26 Å². The van der Waals surface area contributed by atoms with Crippen molar-refractivity contribution in [1.82, 2.24) is 19.4 Å². The van der Waals surface area contributed by atoms with Crippen molar-refractivity contribution in [3.05, 3.63) is 29.8 Å². The number of ether oxygens (including phenoxy) is 6. The van der Waals surface area contributed by atoms with Crippen LogP contribution in [0.2, 0.25) is 0 Å². The SMILES string of the molecule is CC[C@H]1OC(=O)[C@H](C)[C@@H](O[C@H]2C[C@@](C)(OC)[C@@H](O)[C@H](C)O2)[C@H](C)[C@@H](O[C@@H]2O[C@H](C)C[C@H](N(C)C)[C@H]2O)[C@](C)(O)C[C@@H](C)CN(CCCN(CCC#N)C(=O)NS(=O)(=O)c2ccccc2C)[C@H](C)[C@@H](O)[C@]1(C)O. The number of likely N-dealkylation sites (N-methyl/N-ethyl adjacent to an activating group) is 1. The van der Waals surface area contributed by atoms with Crippen molar-refractivity contribution in [2.24, 2.45) is 17.8 Å². The summed E-state index contributed by atoms with van der Waals surface area (Å²) < 4.78 is 66.8. The van der Waals surface area contributed by atoms with Crippen LogP contribution in [0.5, 0.6) is 0 Å². The van der Waals surface area contributed by atoms with Gasteiger partial charge in [0.1, 0.15) is 30.0 Å². The van der Waals surface area contributed by atoms with Crippen LogP contribution in [0.4, 0.5) is 4.79 Å². The Morgan fingerprint density at radius 1 is 0.986 bits per heavy atom. The number of urea groups is 1. The fourth-order valence-electron chi connectivity index (χ4n) is 11.0. The Morgan fingerprint density at radius 2 is 1.64 bits per heavy atom. The Hall–Kier alpha value is -3.08. The fraction of sp³-hybridized carbons (Fsp3) is 0.824. The molecule has 21 heteroatoms. The average molecular weight is 1040 g/mol. The van der Waals surface area contributed by atoms with Crippen molar-refractivity contribution < 1.29 is 72.0 Å². The van der Waals surface area contributed by atoms with Gasteiger partial charge in [-0.25, -0.2) is 17.9 Å². The number of carbonyl (C=O) groups is 2. The number of hydrogen-bond donors (Lipinski definition) is 6. The van der Waals surface area contributed by atoms with Crippen molar-refractivity contribution in [2.75, 3.05) is 47.4 Å². The molecule has 2 amide bonds. The summed E-state index contributed by atoms with van der Waals surface area (Å²) in [6.45, 7) is 18.9. The molecule has 3 fully saturated rings. The van der Waals surface area contributed by atoms with Crippen molar-refractivity contribution in [2.45, 2.75) is 210 Å². The molecule has 20 nitrogen and oxygen atoms in total. The number of carbonyl (C=O) groups excluding carboxylic acids is 2. The normalized spacial score (nSPS) is 39.0. The van der Waals surface area contributed by atoms with Gasteiger partial charge in [0.2, 0.25) is 0 Å². The van der Waals surface area contributed by atoms with E-state index in [4.69, 9.17) is 28.4 Å². The van der Waals surface area contributed by atoms with E-state index in [1.165, 1.54) is 25.0 Å². The minimum atomic E-state index is -4.27. The number of aliphatic hydroxyl groups is 5. The molecule has 0 saturated carbocycles. The first kappa shape index (κ1) is 61.5. The van der Waals surface area contributed by atoms with Gasteiger partial charge in [-0.1, -0.05) is 39.0 Å². The van der Waals surface area contributed by atoms with Gasteiger partial charge in [0.25, 0.3) is 10.0 Å². The molecule has 3 heterocycles. The number of rotatable bonds is 15. The molecule has 0 radical (unpaired) electrons. The Balaban J connectivity index is 1.78. The van der Waals surface area contributed by atoms with E-state index in [0.717, 1.165) is 0 Å². The van der Waals surface area contributed by atoms with E-state index in [9.17, 15) is 48.8 Å². The first-order chi connectivity index (χ1) is 33.5. The van der Waals surface area contributed by atoms with Gasteiger partial charge in [0.15, 0.2) is 12.6 Å². The molecule has 3 saturated heterocycles. The van der Waals surface area contributed by atoms with Crippen LogP contribution >= 0.6 is 0 Å². The minimum Gasteiger partial charge on any atom is -0.459 e. The van der Waals surface area contributed by atoms with Gasteiger partial charge in [-0.15, -0.1) is 0 Å². The third-order valence-corrected chi connectivity index (χ3v) is 16.8. The summed E-state index contributed by atoms with van der Waals surface area (Å²) in [4.78, 5) is 33.2. The number of benzene rings is 1. The lowest BCUT2D eigenvalue weighted by atomic mass is 9.77. The zero-order valence-electron chi connectivity index (χ0n) is 45.1. The van der Waals surface area contributed by atoms with Crippen molar-refractivity contribution in [3.8, 4) is 6.07 Å². The number of hydrogen-bond acceptors (Lipinski definition) is 18. The molecule has 72 heavy (non-hydrogen) atoms. The number of esters is 1. The van der Waals surface area contributed by atoms with E-state index in [-0.39, 0.29) is 75.3 Å². The third kappa shape index (κ3) is 14.9. The van der Waals surface area contributed by atoms with E-state index in [0.29, 0.717) is 12.0 Å². The number of cyclic esters (lactones) is 1. The zero-order chi connectivity index (χ0) is 54.3. The Labute approximate surface area is 428 Å². The summed E-state index contributed by atoms with van der Waals surface area (Å²) in [6.07, 6.45) is -9.76. The number of aliphatic hydroxyl groups excluding tert-OH is 3. The predicted molar refractivity (Wildman–Crippen MR) is 266 cm³/mol. The van der Waals surface area contributed by atoms with Crippen LogP contribution in [-0.2, 0) is 43.2 Å². The molecule has 6 N–H and O–H groups in total. The number of sulfonamides is 1. The fourth-order valence-corrected chi connectivity index (χ4v) is 12.2. The molecule has 1 aromatic carbocycles. The second-order valence-electron chi connectivity index (χ2n) is 21.6. The van der Waals surface area contributed by atoms with E-state index < -0.39 is 118 Å². The summed E-state index contributed by atoms with van der Waals surface area (Å²) in [6, 6.07) is 6.14. The number of methoxy groups -OCH3 is 1. The Kier molecular flexibility index (Phi) is 21.9. The van der Waals surface area contributed by atoms with Gasteiger partial charge < -0.3 is 63.8 Å². The molecule has 0 aliphatic carbocycles. The number of aryl methyl sites for hydroxylation is 1. The monoisotopic (exact) mass is 1040 g/mol. The Morgan fingerprint density at radius 3 is 2.24 bits per heavy atom. The minimum absolute atomic E-state index is 0.00255. The molecule has 0 aromatic heterocycles. The highest BCUT2D eigenvalue weighted by Crippen LogP contribution is 2.40. The first-order valence-electron chi connectivity index (χ1n) is 25.5. The van der Waals surface area contributed by atoms with Crippen LogP contribution in [0.1, 0.15) is 113 Å². The van der Waals surface area contributed by atoms with Gasteiger partial charge in [-0.05, 0) is 113 Å². The van der Waals surface area contributed by atoms with Gasteiger partial charge >= 0.3 is 12.0 Å². The van der Waals surface area contributed by atoms with Gasteiger partial charge in [0.05, 0.1) is 58.9 Å². The van der Waals surface area contributed by atoms with Crippen LogP contribution in [-0.4, -0.2) is 198 Å². The second kappa shape index (κ2) is 25.6. The van der Waals surface area contributed by atoms with E-state index in [1.54, 1.807) is 73.6 Å². The molecule has 412 valence electrons. The van der Waals surface area contributed by atoms with Gasteiger partial charge in [0, 0.05) is 57.7 Å². The van der Waals surface area contributed by atoms with Crippen LogP contribution in [0.25, 0.3) is 0 Å². The molecular weight excluding hydrogens is 955 g/mol. The second-order valence-corrected chi connectivity index (χ2v) is 23.3. The maximum atomic E-state index is 14.6. The lowest BCUT2D eigenvalue weighted by Crippen LogP contribution is -2.60. The molecule has 0 bridgehead atoms. The molecular formula is C51H87N5O15S. The maximum absolute atomic E-state index is 14.6. The van der Waals surface area contributed by atoms with Gasteiger partial charge in [-0.3, -0.25) is 9.69 Å². The van der Waals surface area contributed by atoms with Crippen molar-refractivity contribution in [3.63, 3.8) is 0 Å². The highest BCUT2D eigenvalue weighted by molar-refractivity contribution is 7.90. The van der Waals surface area contributed by atoms with Crippen LogP contribution in [0, 0.1) is 36.0 Å². The van der Waals surface area contributed by atoms with Crippen molar-refractivity contribution >= 4 is 22.0 Å². The molecule has 3 aliphatic heterocycles. The maximum Gasteiger partial charge on any atom is 0.331 e. The standard InChI is InChI=1S/C51H87N5O15S/c1-15-39-51(11,63)43(58)35(7)56(25-19-24-55(23-18-22-52)48(61)53-72(64,65)38-21-17-16-20-31(38)3)29-30(2)27-49(9,62)45(71-47-41(57)37(54(12)13)26-32(4)67-47)33(5)42(34(6)46(60)69-39)70-40-28-50(10,66-14)44(59)36(8)68-40/h16-17,20-21,30,32-37,39-45,47,57-59,62-63H,15,18-19,23-29H2,1-14H3,(H,53,61)/t30-,32-,33+,34-,35-,36+,37+,39-,40+,41-,42+,43-,44+,45-,47+,49-,50-,51-/m1/s1. The highest BCUT2D eigenvalue weighted by atomic mass is 32.2.